The topological polar surface area (TPSA) is 49.3 Å². The van der Waals surface area contributed by atoms with E-state index in [-0.39, 0.29) is 6.04 Å². The Bertz CT molecular complexity index is 160. The van der Waals surface area contributed by atoms with E-state index in [2.05, 4.69) is 12.2 Å². The zero-order valence-electron chi connectivity index (χ0n) is 10.1. The minimum absolute atomic E-state index is 0.346. The number of unbranched alkanes of at least 4 members (excludes halogenated alkanes) is 5. The van der Waals surface area contributed by atoms with Gasteiger partial charge in [-0.15, -0.1) is 0 Å². The first-order chi connectivity index (χ1) is 7.22. The summed E-state index contributed by atoms with van der Waals surface area (Å²) >= 11 is 0. The van der Waals surface area contributed by atoms with Gasteiger partial charge in [0.15, 0.2) is 0 Å². The molecule has 0 aliphatic heterocycles. The van der Waals surface area contributed by atoms with E-state index >= 15 is 0 Å². The minimum Gasteiger partial charge on any atom is -0.480 e. The molecule has 0 amide bonds. The van der Waals surface area contributed by atoms with Crippen LogP contribution in [0.25, 0.3) is 0 Å². The molecule has 0 aromatic carbocycles. The molecule has 0 aliphatic rings. The van der Waals surface area contributed by atoms with E-state index in [1.54, 1.807) is 0 Å². The number of rotatable bonds is 10. The molecule has 0 spiro atoms. The molecule has 0 rings (SSSR count). The zero-order valence-corrected chi connectivity index (χ0v) is 10.1. The van der Waals surface area contributed by atoms with Gasteiger partial charge in [0.2, 0.25) is 0 Å². The first-order valence-electron chi connectivity index (χ1n) is 6.18. The van der Waals surface area contributed by atoms with Crippen LogP contribution in [-0.4, -0.2) is 23.7 Å². The van der Waals surface area contributed by atoms with Crippen molar-refractivity contribution in [1.29, 1.82) is 0 Å². The van der Waals surface area contributed by atoms with Crippen LogP contribution in [0.1, 0.15) is 58.8 Å². The fourth-order valence-corrected chi connectivity index (χ4v) is 1.69. The molecule has 90 valence electrons. The first kappa shape index (κ1) is 14.4. The molecular weight excluding hydrogens is 190 g/mol. The molecule has 15 heavy (non-hydrogen) atoms. The second kappa shape index (κ2) is 9.97. The lowest BCUT2D eigenvalue weighted by molar-refractivity contribution is -0.139. The van der Waals surface area contributed by atoms with Crippen molar-refractivity contribution in [1.82, 2.24) is 5.32 Å². The van der Waals surface area contributed by atoms with Gasteiger partial charge in [0.05, 0.1) is 0 Å². The van der Waals surface area contributed by atoms with Crippen molar-refractivity contribution in [2.45, 2.75) is 64.8 Å². The van der Waals surface area contributed by atoms with Crippen molar-refractivity contribution >= 4 is 5.97 Å². The van der Waals surface area contributed by atoms with Gasteiger partial charge in [-0.1, -0.05) is 52.4 Å². The molecule has 0 aliphatic carbocycles. The summed E-state index contributed by atoms with van der Waals surface area (Å²) in [5.41, 5.74) is 0. The quantitative estimate of drug-likeness (QED) is 0.551. The Morgan fingerprint density at radius 1 is 1.13 bits per heavy atom. The van der Waals surface area contributed by atoms with E-state index in [0.29, 0.717) is 0 Å². The SMILES string of the molecule is CCCCCCCCC(NCC)C(=O)O. The van der Waals surface area contributed by atoms with Crippen LogP contribution in [-0.2, 0) is 4.79 Å². The molecule has 0 heterocycles. The third-order valence-electron chi connectivity index (χ3n) is 2.59. The molecule has 3 heteroatoms. The smallest absolute Gasteiger partial charge is 0.320 e. The van der Waals surface area contributed by atoms with Crippen LogP contribution in [0.5, 0.6) is 0 Å². The molecular formula is C12H25NO2. The van der Waals surface area contributed by atoms with Gasteiger partial charge in [-0.3, -0.25) is 4.79 Å². The van der Waals surface area contributed by atoms with Gasteiger partial charge < -0.3 is 10.4 Å². The monoisotopic (exact) mass is 215 g/mol. The average molecular weight is 215 g/mol. The Balaban J connectivity index is 3.41. The van der Waals surface area contributed by atoms with Gasteiger partial charge in [0.1, 0.15) is 6.04 Å². The van der Waals surface area contributed by atoms with Crippen molar-refractivity contribution < 1.29 is 9.90 Å². The Labute approximate surface area is 93.3 Å². The van der Waals surface area contributed by atoms with Gasteiger partial charge in [-0.05, 0) is 13.0 Å². The van der Waals surface area contributed by atoms with Crippen LogP contribution in [0.2, 0.25) is 0 Å². The molecule has 0 bridgehead atoms. The molecule has 1 atom stereocenters. The van der Waals surface area contributed by atoms with Gasteiger partial charge >= 0.3 is 5.97 Å². The van der Waals surface area contributed by atoms with Gasteiger partial charge in [0, 0.05) is 0 Å². The van der Waals surface area contributed by atoms with Gasteiger partial charge in [0.25, 0.3) is 0 Å². The predicted octanol–water partition coefficient (Wildman–Crippen LogP) is 2.80. The van der Waals surface area contributed by atoms with E-state index in [1.807, 2.05) is 6.92 Å². The van der Waals surface area contributed by atoms with E-state index in [0.717, 1.165) is 25.8 Å². The molecule has 0 saturated heterocycles. The minimum atomic E-state index is -0.717. The zero-order chi connectivity index (χ0) is 11.5. The van der Waals surface area contributed by atoms with E-state index in [4.69, 9.17) is 5.11 Å². The fourth-order valence-electron chi connectivity index (χ4n) is 1.69. The first-order valence-corrected chi connectivity index (χ1v) is 6.18. The molecule has 1 unspecified atom stereocenters. The largest absolute Gasteiger partial charge is 0.480 e. The third kappa shape index (κ3) is 8.43. The lowest BCUT2D eigenvalue weighted by Gasteiger charge is -2.12. The maximum Gasteiger partial charge on any atom is 0.320 e. The van der Waals surface area contributed by atoms with Gasteiger partial charge in [-0.25, -0.2) is 0 Å². The summed E-state index contributed by atoms with van der Waals surface area (Å²) in [4.78, 5) is 10.8. The highest BCUT2D eigenvalue weighted by Gasteiger charge is 2.14. The maximum absolute atomic E-state index is 10.8. The normalized spacial score (nSPS) is 12.7. The molecule has 3 nitrogen and oxygen atoms in total. The average Bonchev–Trinajstić information content (AvgIpc) is 2.21. The van der Waals surface area contributed by atoms with Crippen LogP contribution in [0.3, 0.4) is 0 Å². The second-order valence-corrected chi connectivity index (χ2v) is 4.00. The number of hydrogen-bond acceptors (Lipinski definition) is 2. The number of carbonyl (C=O) groups is 1. The number of hydrogen-bond donors (Lipinski definition) is 2. The highest BCUT2D eigenvalue weighted by atomic mass is 16.4. The standard InChI is InChI=1S/C12H25NO2/c1-3-5-6-7-8-9-10-11(12(14)15)13-4-2/h11,13H,3-10H2,1-2H3,(H,14,15). The van der Waals surface area contributed by atoms with Crippen LogP contribution < -0.4 is 5.32 Å². The lowest BCUT2D eigenvalue weighted by Crippen LogP contribution is -2.36. The van der Waals surface area contributed by atoms with Crippen LogP contribution >= 0.6 is 0 Å². The second-order valence-electron chi connectivity index (χ2n) is 4.00. The summed E-state index contributed by atoms with van der Waals surface area (Å²) in [6, 6.07) is -0.346. The predicted molar refractivity (Wildman–Crippen MR) is 63.1 cm³/mol. The maximum atomic E-state index is 10.8. The Hall–Kier alpha value is -0.570. The van der Waals surface area contributed by atoms with Gasteiger partial charge in [-0.2, -0.15) is 0 Å². The molecule has 0 saturated carbocycles. The molecule has 0 radical (unpaired) electrons. The Morgan fingerprint density at radius 3 is 2.27 bits per heavy atom. The highest BCUT2D eigenvalue weighted by molar-refractivity contribution is 5.73. The Morgan fingerprint density at radius 2 is 1.73 bits per heavy atom. The summed E-state index contributed by atoms with van der Waals surface area (Å²) in [6.07, 6.45) is 8.03. The van der Waals surface area contributed by atoms with Crippen molar-refractivity contribution in [3.05, 3.63) is 0 Å². The number of carboxylic acid groups (broad SMARTS) is 1. The highest BCUT2D eigenvalue weighted by Crippen LogP contribution is 2.08. The van der Waals surface area contributed by atoms with Crippen molar-refractivity contribution in [2.75, 3.05) is 6.54 Å². The number of aliphatic carboxylic acids is 1. The van der Waals surface area contributed by atoms with Crippen LogP contribution in [0.15, 0.2) is 0 Å². The van der Waals surface area contributed by atoms with Crippen molar-refractivity contribution in [2.24, 2.45) is 0 Å². The fraction of sp³-hybridized carbons (Fsp3) is 0.917. The number of nitrogens with one attached hydrogen (secondary N) is 1. The molecule has 2 N–H and O–H groups in total. The lowest BCUT2D eigenvalue weighted by atomic mass is 10.1. The van der Waals surface area contributed by atoms with Crippen molar-refractivity contribution in [3.8, 4) is 0 Å². The van der Waals surface area contributed by atoms with Crippen molar-refractivity contribution in [3.63, 3.8) is 0 Å². The van der Waals surface area contributed by atoms with E-state index in [9.17, 15) is 4.79 Å². The van der Waals surface area contributed by atoms with Crippen LogP contribution in [0, 0.1) is 0 Å². The summed E-state index contributed by atoms with van der Waals surface area (Å²) in [7, 11) is 0. The number of likely N-dealkylation sites (N-methyl/N-ethyl adjacent to an activating group) is 1. The van der Waals surface area contributed by atoms with E-state index < -0.39 is 5.97 Å². The summed E-state index contributed by atoms with van der Waals surface area (Å²) < 4.78 is 0. The summed E-state index contributed by atoms with van der Waals surface area (Å²) in [5, 5.41) is 11.9. The Kier molecular flexibility index (Phi) is 9.59. The summed E-state index contributed by atoms with van der Waals surface area (Å²) in [5.74, 6) is -0.717. The molecule has 0 aromatic heterocycles. The summed E-state index contributed by atoms with van der Waals surface area (Å²) in [6.45, 7) is 4.87. The van der Waals surface area contributed by atoms with E-state index in [1.165, 1.54) is 25.7 Å². The molecule has 0 aromatic rings. The molecule has 0 fully saturated rings. The third-order valence-corrected chi connectivity index (χ3v) is 2.59. The van der Waals surface area contributed by atoms with Crippen LogP contribution in [0.4, 0.5) is 0 Å². The number of carboxylic acids is 1.